The van der Waals surface area contributed by atoms with Gasteiger partial charge in [-0.25, -0.2) is 9.78 Å². The van der Waals surface area contributed by atoms with Crippen LogP contribution in [0.2, 0.25) is 5.82 Å². The van der Waals surface area contributed by atoms with Crippen molar-refractivity contribution in [2.75, 3.05) is 13.2 Å². The lowest BCUT2D eigenvalue weighted by molar-refractivity contribution is -0.313. The molecule has 1 heterocycles. The summed E-state index contributed by atoms with van der Waals surface area (Å²) in [6.45, 7) is 0.722. The van der Waals surface area contributed by atoms with E-state index in [0.29, 0.717) is 13.0 Å². The van der Waals surface area contributed by atoms with E-state index in [1.54, 1.807) is 0 Å². The minimum atomic E-state index is -1.27. The molecule has 0 spiro atoms. The molecule has 1 fully saturated rings. The second-order valence-corrected chi connectivity index (χ2v) is 2.07. The lowest BCUT2D eigenvalue weighted by Gasteiger charge is -2.19. The number of hydrogen-bond acceptors (Lipinski definition) is 4. The quantitative estimate of drug-likeness (QED) is 0.361. The fourth-order valence-electron chi connectivity index (χ4n) is 0.712. The zero-order chi connectivity index (χ0) is 6.69. The topological polar surface area (TPSA) is 58.9 Å². The zero-order valence-electron chi connectivity index (χ0n) is 4.99. The molecule has 1 aliphatic rings. The Hall–Kier alpha value is -0.0951. The fraction of sp³-hybridized carbons (Fsp3) is 1.00. The Kier molecular flexibility index (Phi) is 2.47. The van der Waals surface area contributed by atoms with Crippen LogP contribution in [0.25, 0.3) is 0 Å². The second-order valence-electron chi connectivity index (χ2n) is 2.07. The molecule has 1 unspecified atom stereocenters. The lowest BCUT2D eigenvalue weighted by Crippen LogP contribution is -2.28. The smallest absolute Gasteiger partial charge is 0.427 e. The number of hydrogen-bond donors (Lipinski definition) is 2. The maximum absolute atomic E-state index is 8.60. The summed E-state index contributed by atoms with van der Waals surface area (Å²) in [4.78, 5) is 9.05. The van der Waals surface area contributed by atoms with E-state index in [2.05, 4.69) is 9.78 Å². The van der Waals surface area contributed by atoms with Gasteiger partial charge in [-0.3, -0.25) is 0 Å². The van der Waals surface area contributed by atoms with E-state index in [0.717, 1.165) is 0 Å². The van der Waals surface area contributed by atoms with Crippen LogP contribution in [0.3, 0.4) is 0 Å². The molecule has 1 saturated heterocycles. The molecule has 0 aromatic rings. The van der Waals surface area contributed by atoms with Crippen molar-refractivity contribution in [2.45, 2.75) is 12.2 Å². The first kappa shape index (κ1) is 7.02. The molecular weight excluding hydrogens is 123 g/mol. The first-order chi connectivity index (χ1) is 4.30. The molecular formula is C4H9BO4. The molecule has 1 rings (SSSR count). The van der Waals surface area contributed by atoms with Gasteiger partial charge in [0.05, 0.1) is 13.2 Å². The van der Waals surface area contributed by atoms with Crippen molar-refractivity contribution in [1.82, 2.24) is 0 Å². The highest BCUT2D eigenvalue weighted by molar-refractivity contribution is 6.43. The highest BCUT2D eigenvalue weighted by atomic mass is 17.2. The highest BCUT2D eigenvalue weighted by Crippen LogP contribution is 2.17. The second kappa shape index (κ2) is 3.17. The van der Waals surface area contributed by atoms with E-state index in [-0.39, 0.29) is 12.4 Å². The van der Waals surface area contributed by atoms with Gasteiger partial charge in [-0.2, -0.15) is 0 Å². The van der Waals surface area contributed by atoms with Crippen molar-refractivity contribution < 1.29 is 19.8 Å². The molecule has 0 saturated carbocycles. The average Bonchev–Trinajstić information content (AvgIpc) is 1.90. The molecule has 0 aromatic carbocycles. The SMILES string of the molecule is OB(O)C1CCOOC1. The van der Waals surface area contributed by atoms with E-state index in [9.17, 15) is 0 Å². The Morgan fingerprint density at radius 2 is 2.11 bits per heavy atom. The fourth-order valence-corrected chi connectivity index (χ4v) is 0.712. The molecule has 1 atom stereocenters. The molecule has 0 bridgehead atoms. The first-order valence-electron chi connectivity index (χ1n) is 2.91. The van der Waals surface area contributed by atoms with E-state index >= 15 is 0 Å². The van der Waals surface area contributed by atoms with E-state index < -0.39 is 7.12 Å². The molecule has 0 radical (unpaired) electrons. The predicted octanol–water partition coefficient (Wildman–Crippen LogP) is -0.819. The number of rotatable bonds is 1. The molecule has 2 N–H and O–H groups in total. The molecule has 0 amide bonds. The van der Waals surface area contributed by atoms with Crippen LogP contribution in [0, 0.1) is 0 Å². The summed E-state index contributed by atoms with van der Waals surface area (Å²) < 4.78 is 0. The Labute approximate surface area is 53.5 Å². The average molecular weight is 132 g/mol. The lowest BCUT2D eigenvalue weighted by atomic mass is 9.71. The molecule has 1 aliphatic heterocycles. The van der Waals surface area contributed by atoms with Crippen LogP contribution in [0.5, 0.6) is 0 Å². The molecule has 4 nitrogen and oxygen atoms in total. The van der Waals surface area contributed by atoms with Gasteiger partial charge in [-0.05, 0) is 6.42 Å². The van der Waals surface area contributed by atoms with Crippen molar-refractivity contribution in [2.24, 2.45) is 0 Å². The van der Waals surface area contributed by atoms with Crippen LogP contribution in [-0.4, -0.2) is 30.4 Å². The van der Waals surface area contributed by atoms with Gasteiger partial charge in [-0.1, -0.05) is 0 Å². The standard InChI is InChI=1S/C4H9BO4/c6-5(7)4-1-2-8-9-3-4/h4,6-7H,1-3H2. The Bertz CT molecular complexity index is 80.6. The Balaban J connectivity index is 2.23. The summed E-state index contributed by atoms with van der Waals surface area (Å²) >= 11 is 0. The van der Waals surface area contributed by atoms with Crippen molar-refractivity contribution in [3.05, 3.63) is 0 Å². The summed E-state index contributed by atoms with van der Waals surface area (Å²) in [7, 11) is -1.27. The normalized spacial score (nSPS) is 28.0. The molecule has 0 aliphatic carbocycles. The monoisotopic (exact) mass is 132 g/mol. The summed E-state index contributed by atoms with van der Waals surface area (Å²) in [6.07, 6.45) is 0.650. The summed E-state index contributed by atoms with van der Waals surface area (Å²) in [5, 5.41) is 17.2. The largest absolute Gasteiger partial charge is 0.457 e. The van der Waals surface area contributed by atoms with Crippen LogP contribution in [-0.2, 0) is 9.78 Å². The van der Waals surface area contributed by atoms with Crippen LogP contribution in [0.4, 0.5) is 0 Å². The predicted molar refractivity (Wildman–Crippen MR) is 30.5 cm³/mol. The van der Waals surface area contributed by atoms with Gasteiger partial charge in [0.2, 0.25) is 0 Å². The zero-order valence-corrected chi connectivity index (χ0v) is 4.99. The highest BCUT2D eigenvalue weighted by Gasteiger charge is 2.26. The molecule has 0 aromatic heterocycles. The van der Waals surface area contributed by atoms with Crippen LogP contribution in [0.1, 0.15) is 6.42 Å². The Morgan fingerprint density at radius 3 is 2.44 bits per heavy atom. The van der Waals surface area contributed by atoms with Gasteiger partial charge >= 0.3 is 7.12 Å². The minimum Gasteiger partial charge on any atom is -0.427 e. The Morgan fingerprint density at radius 1 is 1.33 bits per heavy atom. The third kappa shape index (κ3) is 1.94. The van der Waals surface area contributed by atoms with E-state index in [1.165, 1.54) is 0 Å². The van der Waals surface area contributed by atoms with E-state index in [4.69, 9.17) is 10.0 Å². The van der Waals surface area contributed by atoms with Gasteiger partial charge in [0.25, 0.3) is 0 Å². The third-order valence-corrected chi connectivity index (χ3v) is 1.36. The van der Waals surface area contributed by atoms with Crippen molar-refractivity contribution in [1.29, 1.82) is 0 Å². The summed E-state index contributed by atoms with van der Waals surface area (Å²) in [5.74, 6) is -0.182. The maximum atomic E-state index is 8.60. The van der Waals surface area contributed by atoms with E-state index in [1.807, 2.05) is 0 Å². The van der Waals surface area contributed by atoms with Crippen LogP contribution >= 0.6 is 0 Å². The van der Waals surface area contributed by atoms with Crippen LogP contribution in [0.15, 0.2) is 0 Å². The van der Waals surface area contributed by atoms with Gasteiger partial charge in [-0.15, -0.1) is 0 Å². The summed E-state index contributed by atoms with van der Waals surface area (Å²) in [6, 6.07) is 0. The van der Waals surface area contributed by atoms with Gasteiger partial charge < -0.3 is 10.0 Å². The first-order valence-corrected chi connectivity index (χ1v) is 2.91. The van der Waals surface area contributed by atoms with Gasteiger partial charge in [0.15, 0.2) is 0 Å². The third-order valence-electron chi connectivity index (χ3n) is 1.36. The van der Waals surface area contributed by atoms with Gasteiger partial charge in [0.1, 0.15) is 0 Å². The molecule has 9 heavy (non-hydrogen) atoms. The molecule has 5 heteroatoms. The van der Waals surface area contributed by atoms with Gasteiger partial charge in [0, 0.05) is 5.82 Å². The van der Waals surface area contributed by atoms with Crippen molar-refractivity contribution in [3.8, 4) is 0 Å². The minimum absolute atomic E-state index is 0.182. The van der Waals surface area contributed by atoms with Crippen LogP contribution < -0.4 is 0 Å². The van der Waals surface area contributed by atoms with Crippen molar-refractivity contribution >= 4 is 7.12 Å². The van der Waals surface area contributed by atoms with Crippen molar-refractivity contribution in [3.63, 3.8) is 0 Å². The molecule has 52 valence electrons. The maximum Gasteiger partial charge on any atom is 0.457 e. The summed E-state index contributed by atoms with van der Waals surface area (Å²) in [5.41, 5.74) is 0.